The molecule has 0 aromatic heterocycles. The van der Waals surface area contributed by atoms with Crippen molar-refractivity contribution in [3.63, 3.8) is 0 Å². The van der Waals surface area contributed by atoms with Crippen molar-refractivity contribution in [3.8, 4) is 0 Å². The molecule has 0 amide bonds. The van der Waals surface area contributed by atoms with Crippen LogP contribution in [0, 0.1) is 11.8 Å². The summed E-state index contributed by atoms with van der Waals surface area (Å²) >= 11 is 0. The maximum Gasteiger partial charge on any atom is 0.305 e. The summed E-state index contributed by atoms with van der Waals surface area (Å²) < 4.78 is 15.9. The molecular formula is C24H44O6. The second kappa shape index (κ2) is 17.7. The van der Waals surface area contributed by atoms with Gasteiger partial charge in [0, 0.05) is 19.6 Å². The Morgan fingerprint density at radius 1 is 0.900 bits per heavy atom. The number of carbonyl (C=O) groups excluding carboxylic acids is 1. The van der Waals surface area contributed by atoms with Crippen molar-refractivity contribution in [2.75, 3.05) is 33.5 Å². The lowest BCUT2D eigenvalue weighted by Gasteiger charge is -2.22. The molecule has 0 heterocycles. The van der Waals surface area contributed by atoms with Crippen molar-refractivity contribution in [1.29, 1.82) is 0 Å². The molecule has 0 aliphatic heterocycles. The number of carbonyl (C=O) groups is 1. The Morgan fingerprint density at radius 2 is 1.60 bits per heavy atom. The predicted octanol–water partition coefficient (Wildman–Crippen LogP) is 4.03. The molecular weight excluding hydrogens is 384 g/mol. The van der Waals surface area contributed by atoms with Crippen LogP contribution in [0.15, 0.2) is 12.2 Å². The largest absolute Gasteiger partial charge is 0.469 e. The van der Waals surface area contributed by atoms with Crippen LogP contribution in [0.25, 0.3) is 0 Å². The van der Waals surface area contributed by atoms with E-state index in [2.05, 4.69) is 17.7 Å². The van der Waals surface area contributed by atoms with Gasteiger partial charge in [-0.2, -0.15) is 0 Å². The van der Waals surface area contributed by atoms with Crippen molar-refractivity contribution in [1.82, 2.24) is 0 Å². The van der Waals surface area contributed by atoms with Crippen LogP contribution in [0.5, 0.6) is 0 Å². The molecule has 0 saturated heterocycles. The fourth-order valence-corrected chi connectivity index (χ4v) is 4.09. The molecule has 2 N–H and O–H groups in total. The molecule has 4 atom stereocenters. The first kappa shape index (κ1) is 27.1. The lowest BCUT2D eigenvalue weighted by molar-refractivity contribution is -0.140. The highest BCUT2D eigenvalue weighted by molar-refractivity contribution is 5.69. The fourth-order valence-electron chi connectivity index (χ4n) is 4.09. The van der Waals surface area contributed by atoms with Gasteiger partial charge < -0.3 is 24.4 Å². The third-order valence-electron chi connectivity index (χ3n) is 5.94. The Balaban J connectivity index is 2.13. The molecule has 0 bridgehead atoms. The number of methoxy groups -OCH3 is 1. The topological polar surface area (TPSA) is 85.2 Å². The maximum atomic E-state index is 11.1. The molecule has 1 aliphatic rings. The van der Waals surface area contributed by atoms with Crippen LogP contribution in [0.2, 0.25) is 0 Å². The minimum absolute atomic E-state index is 0.0548. The van der Waals surface area contributed by atoms with E-state index in [1.54, 1.807) is 0 Å². The molecule has 6 heteroatoms. The molecule has 30 heavy (non-hydrogen) atoms. The van der Waals surface area contributed by atoms with Crippen molar-refractivity contribution in [3.05, 3.63) is 12.2 Å². The van der Waals surface area contributed by atoms with Crippen LogP contribution in [-0.4, -0.2) is 61.9 Å². The molecule has 176 valence electrons. The summed E-state index contributed by atoms with van der Waals surface area (Å²) in [6.07, 6.45) is 13.3. The van der Waals surface area contributed by atoms with Gasteiger partial charge in [-0.15, -0.1) is 0 Å². The van der Waals surface area contributed by atoms with Crippen LogP contribution in [0.1, 0.15) is 77.6 Å². The number of rotatable bonds is 18. The van der Waals surface area contributed by atoms with E-state index in [0.717, 1.165) is 38.7 Å². The Bertz CT molecular complexity index is 453. The molecule has 0 radical (unpaired) electrons. The summed E-state index contributed by atoms with van der Waals surface area (Å²) in [5.41, 5.74) is 0. The minimum Gasteiger partial charge on any atom is -0.469 e. The smallest absolute Gasteiger partial charge is 0.305 e. The summed E-state index contributed by atoms with van der Waals surface area (Å²) in [5, 5.41) is 20.6. The number of allylic oxidation sites excluding steroid dienone is 2. The highest BCUT2D eigenvalue weighted by Crippen LogP contribution is 2.37. The van der Waals surface area contributed by atoms with Gasteiger partial charge in [-0.05, 0) is 50.4 Å². The van der Waals surface area contributed by atoms with Gasteiger partial charge >= 0.3 is 5.97 Å². The summed E-state index contributed by atoms with van der Waals surface area (Å²) in [6.45, 7) is 4.78. The zero-order valence-electron chi connectivity index (χ0n) is 19.1. The number of aliphatic hydroxyl groups excluding tert-OH is 2. The van der Waals surface area contributed by atoms with Crippen molar-refractivity contribution in [2.45, 2.75) is 89.8 Å². The molecule has 1 fully saturated rings. The van der Waals surface area contributed by atoms with Crippen LogP contribution < -0.4 is 0 Å². The van der Waals surface area contributed by atoms with Crippen molar-refractivity contribution < 1.29 is 29.2 Å². The minimum atomic E-state index is -0.472. The van der Waals surface area contributed by atoms with Gasteiger partial charge in [0.25, 0.3) is 0 Å². The highest BCUT2D eigenvalue weighted by atomic mass is 16.5. The normalized spacial score (nSPS) is 24.0. The first-order valence-electron chi connectivity index (χ1n) is 11.8. The van der Waals surface area contributed by atoms with Crippen LogP contribution in [0.3, 0.4) is 0 Å². The Kier molecular flexibility index (Phi) is 16.0. The van der Waals surface area contributed by atoms with Crippen molar-refractivity contribution in [2.24, 2.45) is 11.8 Å². The fraction of sp³-hybridized carbons (Fsp3) is 0.875. The van der Waals surface area contributed by atoms with E-state index in [-0.39, 0.29) is 17.8 Å². The van der Waals surface area contributed by atoms with E-state index in [9.17, 15) is 15.0 Å². The van der Waals surface area contributed by atoms with Crippen LogP contribution in [0.4, 0.5) is 0 Å². The molecule has 1 rings (SSSR count). The average Bonchev–Trinajstić information content (AvgIpc) is 3.00. The molecule has 1 saturated carbocycles. The van der Waals surface area contributed by atoms with Gasteiger partial charge in [-0.3, -0.25) is 4.79 Å². The summed E-state index contributed by atoms with van der Waals surface area (Å²) in [5.74, 6) is -0.0748. The average molecular weight is 429 g/mol. The molecule has 0 aromatic rings. The molecule has 1 aliphatic carbocycles. The van der Waals surface area contributed by atoms with E-state index < -0.39 is 12.2 Å². The zero-order valence-corrected chi connectivity index (χ0v) is 19.1. The Morgan fingerprint density at radius 3 is 2.33 bits per heavy atom. The molecule has 6 nitrogen and oxygen atoms in total. The summed E-state index contributed by atoms with van der Waals surface area (Å²) in [7, 11) is 1.40. The Labute approximate surface area is 183 Å². The number of esters is 1. The number of ether oxygens (including phenoxy) is 3. The molecule has 1 unspecified atom stereocenters. The lowest BCUT2D eigenvalue weighted by Crippen LogP contribution is -2.23. The van der Waals surface area contributed by atoms with E-state index in [1.807, 2.05) is 6.08 Å². The number of aliphatic hydroxyl groups is 2. The molecule has 0 spiro atoms. The van der Waals surface area contributed by atoms with E-state index in [0.29, 0.717) is 32.7 Å². The van der Waals surface area contributed by atoms with Gasteiger partial charge in [-0.1, -0.05) is 44.8 Å². The van der Waals surface area contributed by atoms with Gasteiger partial charge in [-0.25, -0.2) is 0 Å². The number of unbranched alkanes of at least 4 members (excludes halogenated alkanes) is 5. The Hall–Kier alpha value is -0.950. The monoisotopic (exact) mass is 428 g/mol. The van der Waals surface area contributed by atoms with Gasteiger partial charge in [0.15, 0.2) is 0 Å². The number of hydrogen-bond donors (Lipinski definition) is 2. The standard InChI is InChI=1S/C24H44O6/c1-3-4-5-8-11-15-29-17-18-30-16-14-21-20(22(25)19-23(21)26)12-9-6-7-10-13-24(27)28-2/h6,9,20-23,25-26H,3-5,7-8,10-19H2,1-2H3/b9-6-/t20-,21?,22+,23-/m1/s1. The third kappa shape index (κ3) is 12.0. The first-order chi connectivity index (χ1) is 14.6. The van der Waals surface area contributed by atoms with Crippen LogP contribution >= 0.6 is 0 Å². The second-order valence-corrected chi connectivity index (χ2v) is 8.30. The van der Waals surface area contributed by atoms with Gasteiger partial charge in [0.1, 0.15) is 0 Å². The van der Waals surface area contributed by atoms with E-state index in [1.165, 1.54) is 32.8 Å². The quantitative estimate of drug-likeness (QED) is 0.195. The maximum absolute atomic E-state index is 11.1. The van der Waals surface area contributed by atoms with E-state index in [4.69, 9.17) is 9.47 Å². The van der Waals surface area contributed by atoms with Gasteiger partial charge in [0.2, 0.25) is 0 Å². The van der Waals surface area contributed by atoms with Crippen molar-refractivity contribution >= 4 is 5.97 Å². The summed E-state index contributed by atoms with van der Waals surface area (Å²) in [6, 6.07) is 0. The SMILES string of the molecule is CCCCCCCOCCOCCC1[C@H](O)C[C@H](O)[C@@H]1C/C=C\CCCC(=O)OC. The lowest BCUT2D eigenvalue weighted by atomic mass is 9.88. The van der Waals surface area contributed by atoms with E-state index >= 15 is 0 Å². The number of hydrogen-bond acceptors (Lipinski definition) is 6. The summed E-state index contributed by atoms with van der Waals surface area (Å²) in [4.78, 5) is 11.1. The second-order valence-electron chi connectivity index (χ2n) is 8.30. The molecule has 0 aromatic carbocycles. The highest BCUT2D eigenvalue weighted by Gasteiger charge is 2.40. The zero-order chi connectivity index (χ0) is 22.0. The first-order valence-corrected chi connectivity index (χ1v) is 11.8. The third-order valence-corrected chi connectivity index (χ3v) is 5.94. The van der Waals surface area contributed by atoms with Crippen LogP contribution in [-0.2, 0) is 19.0 Å². The predicted molar refractivity (Wildman–Crippen MR) is 118 cm³/mol. The van der Waals surface area contributed by atoms with Gasteiger partial charge in [0.05, 0.1) is 32.5 Å².